The maximum absolute atomic E-state index is 13.7. The summed E-state index contributed by atoms with van der Waals surface area (Å²) in [7, 11) is 1.88. The highest BCUT2D eigenvalue weighted by molar-refractivity contribution is 5.49. The molecule has 0 aromatic heterocycles. The summed E-state index contributed by atoms with van der Waals surface area (Å²) in [6, 6.07) is 5.33. The molecular weight excluding hydrogens is 239 g/mol. The van der Waals surface area contributed by atoms with E-state index in [1.807, 2.05) is 7.05 Å². The third-order valence-electron chi connectivity index (χ3n) is 2.86. The minimum Gasteiger partial charge on any atom is -0.371 e. The van der Waals surface area contributed by atoms with Crippen molar-refractivity contribution in [3.8, 4) is 0 Å². The number of nitrogens with one attached hydrogen (secondary N) is 1. The zero-order chi connectivity index (χ0) is 14.4. The van der Waals surface area contributed by atoms with Gasteiger partial charge in [0.25, 0.3) is 0 Å². The van der Waals surface area contributed by atoms with Crippen molar-refractivity contribution in [3.05, 3.63) is 29.6 Å². The molecule has 2 nitrogen and oxygen atoms in total. The summed E-state index contributed by atoms with van der Waals surface area (Å²) >= 11 is 0. The van der Waals surface area contributed by atoms with E-state index in [4.69, 9.17) is 0 Å². The summed E-state index contributed by atoms with van der Waals surface area (Å²) < 4.78 is 13.7. The van der Waals surface area contributed by atoms with Gasteiger partial charge < -0.3 is 10.2 Å². The highest BCUT2D eigenvalue weighted by Crippen LogP contribution is 2.21. The normalized spacial score (nSPS) is 11.4. The topological polar surface area (TPSA) is 15.3 Å². The molecule has 0 saturated carbocycles. The Morgan fingerprint density at radius 3 is 2.11 bits per heavy atom. The number of nitrogens with zero attached hydrogens (tertiary/aromatic N) is 1. The van der Waals surface area contributed by atoms with Gasteiger partial charge in [0.05, 0.1) is 0 Å². The molecule has 0 radical (unpaired) electrons. The molecule has 0 saturated heterocycles. The zero-order valence-corrected chi connectivity index (χ0v) is 12.8. The first kappa shape index (κ1) is 16.0. The molecule has 3 heteroatoms. The van der Waals surface area contributed by atoms with Crippen molar-refractivity contribution in [3.63, 3.8) is 0 Å². The Labute approximate surface area is 117 Å². The van der Waals surface area contributed by atoms with Gasteiger partial charge in [-0.1, -0.05) is 27.7 Å². The van der Waals surface area contributed by atoms with Gasteiger partial charge in [0.2, 0.25) is 0 Å². The standard InChI is InChI=1S/C16H27FN2/c1-12(2)10-19(11-13(3)4)16-7-14(9-18-5)6-15(17)8-16/h6-8,12-13,18H,9-11H2,1-5H3. The largest absolute Gasteiger partial charge is 0.371 e. The number of hydrogen-bond donors (Lipinski definition) is 1. The van der Waals surface area contributed by atoms with Gasteiger partial charge in [-0.3, -0.25) is 0 Å². The Hall–Kier alpha value is -1.09. The average molecular weight is 266 g/mol. The van der Waals surface area contributed by atoms with Crippen LogP contribution in [0.2, 0.25) is 0 Å². The van der Waals surface area contributed by atoms with Crippen LogP contribution in [0.1, 0.15) is 33.3 Å². The van der Waals surface area contributed by atoms with Crippen LogP contribution < -0.4 is 10.2 Å². The minimum atomic E-state index is -0.153. The average Bonchev–Trinajstić information content (AvgIpc) is 2.26. The van der Waals surface area contributed by atoms with Crippen LogP contribution in [0.3, 0.4) is 0 Å². The van der Waals surface area contributed by atoms with E-state index in [2.05, 4.69) is 44.0 Å². The molecule has 0 bridgehead atoms. The Kier molecular flexibility index (Phi) is 6.29. The third kappa shape index (κ3) is 5.60. The summed E-state index contributed by atoms with van der Waals surface area (Å²) in [5, 5.41) is 3.07. The Morgan fingerprint density at radius 2 is 1.63 bits per heavy atom. The molecule has 0 aliphatic rings. The quantitative estimate of drug-likeness (QED) is 0.810. The smallest absolute Gasteiger partial charge is 0.125 e. The fourth-order valence-corrected chi connectivity index (χ4v) is 2.29. The summed E-state index contributed by atoms with van der Waals surface area (Å²) in [6.45, 7) is 11.4. The highest BCUT2D eigenvalue weighted by Gasteiger charge is 2.12. The molecule has 0 amide bonds. The first-order valence-electron chi connectivity index (χ1n) is 7.11. The lowest BCUT2D eigenvalue weighted by molar-refractivity contribution is 0.550. The molecule has 1 aromatic rings. The molecule has 108 valence electrons. The molecule has 1 N–H and O–H groups in total. The van der Waals surface area contributed by atoms with E-state index >= 15 is 0 Å². The van der Waals surface area contributed by atoms with Gasteiger partial charge in [-0.15, -0.1) is 0 Å². The van der Waals surface area contributed by atoms with E-state index < -0.39 is 0 Å². The van der Waals surface area contributed by atoms with Crippen LogP contribution in [0.15, 0.2) is 18.2 Å². The molecular formula is C16H27FN2. The van der Waals surface area contributed by atoms with Crippen LogP contribution in [0.4, 0.5) is 10.1 Å². The second-order valence-electron chi connectivity index (χ2n) is 6.04. The van der Waals surface area contributed by atoms with E-state index in [-0.39, 0.29) is 5.82 Å². The van der Waals surface area contributed by atoms with Gasteiger partial charge in [-0.25, -0.2) is 4.39 Å². The monoisotopic (exact) mass is 266 g/mol. The van der Waals surface area contributed by atoms with Crippen LogP contribution in [0, 0.1) is 17.7 Å². The van der Waals surface area contributed by atoms with Gasteiger partial charge in [0, 0.05) is 25.3 Å². The Bertz CT molecular complexity index is 378. The lowest BCUT2D eigenvalue weighted by Crippen LogP contribution is -2.31. The molecule has 19 heavy (non-hydrogen) atoms. The van der Waals surface area contributed by atoms with Crippen LogP contribution in [-0.4, -0.2) is 20.1 Å². The van der Waals surface area contributed by atoms with Crippen LogP contribution in [0.5, 0.6) is 0 Å². The fraction of sp³-hybridized carbons (Fsp3) is 0.625. The van der Waals surface area contributed by atoms with Gasteiger partial charge >= 0.3 is 0 Å². The molecule has 1 rings (SSSR count). The number of benzene rings is 1. The SMILES string of the molecule is CNCc1cc(F)cc(N(CC(C)C)CC(C)C)c1. The maximum atomic E-state index is 13.7. The predicted molar refractivity (Wildman–Crippen MR) is 81.1 cm³/mol. The number of anilines is 1. The first-order valence-corrected chi connectivity index (χ1v) is 7.11. The predicted octanol–water partition coefficient (Wildman–Crippen LogP) is 3.66. The number of rotatable bonds is 7. The Balaban J connectivity index is 2.99. The first-order chi connectivity index (χ1) is 8.92. The van der Waals surface area contributed by atoms with Crippen LogP contribution in [-0.2, 0) is 6.54 Å². The van der Waals surface area contributed by atoms with Crippen molar-refractivity contribution in [2.75, 3.05) is 25.0 Å². The molecule has 0 fully saturated rings. The van der Waals surface area contributed by atoms with E-state index in [1.165, 1.54) is 0 Å². The molecule has 0 atom stereocenters. The van der Waals surface area contributed by atoms with Crippen molar-refractivity contribution in [1.82, 2.24) is 5.32 Å². The number of hydrogen-bond acceptors (Lipinski definition) is 2. The van der Waals surface area contributed by atoms with Crippen molar-refractivity contribution in [2.45, 2.75) is 34.2 Å². The van der Waals surface area contributed by atoms with E-state index in [0.717, 1.165) is 24.3 Å². The number of halogens is 1. The van der Waals surface area contributed by atoms with Crippen LogP contribution >= 0.6 is 0 Å². The summed E-state index contributed by atoms with van der Waals surface area (Å²) in [5.41, 5.74) is 1.99. The van der Waals surface area contributed by atoms with E-state index in [1.54, 1.807) is 12.1 Å². The summed E-state index contributed by atoms with van der Waals surface area (Å²) in [6.07, 6.45) is 0. The molecule has 0 aliphatic heterocycles. The van der Waals surface area contributed by atoms with Crippen molar-refractivity contribution in [2.24, 2.45) is 11.8 Å². The second kappa shape index (κ2) is 7.49. The van der Waals surface area contributed by atoms with Crippen molar-refractivity contribution < 1.29 is 4.39 Å². The van der Waals surface area contributed by atoms with Gasteiger partial charge in [0.1, 0.15) is 5.82 Å². The third-order valence-corrected chi connectivity index (χ3v) is 2.86. The molecule has 0 heterocycles. The van der Waals surface area contributed by atoms with Crippen molar-refractivity contribution in [1.29, 1.82) is 0 Å². The van der Waals surface area contributed by atoms with Gasteiger partial charge in [-0.05, 0) is 42.6 Å². The molecule has 0 aliphatic carbocycles. The molecule has 0 unspecified atom stereocenters. The maximum Gasteiger partial charge on any atom is 0.125 e. The minimum absolute atomic E-state index is 0.153. The van der Waals surface area contributed by atoms with Crippen molar-refractivity contribution >= 4 is 5.69 Å². The van der Waals surface area contributed by atoms with Crippen LogP contribution in [0.25, 0.3) is 0 Å². The molecule has 0 spiro atoms. The zero-order valence-electron chi connectivity index (χ0n) is 12.8. The summed E-state index contributed by atoms with van der Waals surface area (Å²) in [5.74, 6) is 0.977. The van der Waals surface area contributed by atoms with E-state index in [0.29, 0.717) is 18.4 Å². The van der Waals surface area contributed by atoms with Gasteiger partial charge in [-0.2, -0.15) is 0 Å². The second-order valence-corrected chi connectivity index (χ2v) is 6.04. The highest BCUT2D eigenvalue weighted by atomic mass is 19.1. The lowest BCUT2D eigenvalue weighted by Gasteiger charge is -2.29. The lowest BCUT2D eigenvalue weighted by atomic mass is 10.1. The van der Waals surface area contributed by atoms with Gasteiger partial charge in [0.15, 0.2) is 0 Å². The molecule has 1 aromatic carbocycles. The van der Waals surface area contributed by atoms with E-state index in [9.17, 15) is 4.39 Å². The summed E-state index contributed by atoms with van der Waals surface area (Å²) in [4.78, 5) is 2.29. The Morgan fingerprint density at radius 1 is 1.05 bits per heavy atom. The fourth-order valence-electron chi connectivity index (χ4n) is 2.29.